The van der Waals surface area contributed by atoms with E-state index in [0.717, 1.165) is 5.06 Å². The van der Waals surface area contributed by atoms with E-state index in [2.05, 4.69) is 4.84 Å². The molecule has 0 saturated heterocycles. The first-order valence-corrected chi connectivity index (χ1v) is 3.05. The molecule has 6 nitrogen and oxygen atoms in total. The second-order valence-electron chi connectivity index (χ2n) is 2.29. The molecule has 0 rings (SSSR count). The van der Waals surface area contributed by atoms with E-state index in [1.54, 1.807) is 14.1 Å². The standard InChI is InChI=1S/C5H14N2O4/c1-6(2)5(10)11-7(3)4(8)9/h4-5,8-10H,1-3H3/t5-/m1/s1. The van der Waals surface area contributed by atoms with Crippen LogP contribution in [0.2, 0.25) is 0 Å². The Morgan fingerprint density at radius 3 is 1.82 bits per heavy atom. The molecule has 0 aromatic carbocycles. The number of rotatable bonds is 4. The van der Waals surface area contributed by atoms with Crippen LogP contribution in [0.3, 0.4) is 0 Å². The molecule has 6 heteroatoms. The van der Waals surface area contributed by atoms with Crippen molar-refractivity contribution >= 4 is 0 Å². The Morgan fingerprint density at radius 1 is 1.09 bits per heavy atom. The summed E-state index contributed by atoms with van der Waals surface area (Å²) in [4.78, 5) is 5.95. The van der Waals surface area contributed by atoms with Crippen LogP contribution in [0.25, 0.3) is 0 Å². The van der Waals surface area contributed by atoms with Crippen LogP contribution in [-0.4, -0.2) is 59.3 Å². The Hall–Kier alpha value is -0.240. The van der Waals surface area contributed by atoms with Gasteiger partial charge >= 0.3 is 0 Å². The van der Waals surface area contributed by atoms with Crippen molar-refractivity contribution in [1.82, 2.24) is 9.96 Å². The van der Waals surface area contributed by atoms with Gasteiger partial charge in [-0.2, -0.15) is 0 Å². The fourth-order valence-electron chi connectivity index (χ4n) is 0.297. The summed E-state index contributed by atoms with van der Waals surface area (Å²) in [5.41, 5.74) is 0. The molecular formula is C5H14N2O4. The van der Waals surface area contributed by atoms with Gasteiger partial charge in [0.05, 0.1) is 0 Å². The van der Waals surface area contributed by atoms with Crippen LogP contribution in [0.4, 0.5) is 0 Å². The molecule has 0 radical (unpaired) electrons. The van der Waals surface area contributed by atoms with Gasteiger partial charge in [0.25, 0.3) is 0 Å². The fourth-order valence-corrected chi connectivity index (χ4v) is 0.297. The van der Waals surface area contributed by atoms with E-state index in [1.807, 2.05) is 0 Å². The second kappa shape index (κ2) is 4.60. The highest BCUT2D eigenvalue weighted by Crippen LogP contribution is 1.96. The molecule has 0 aliphatic carbocycles. The van der Waals surface area contributed by atoms with E-state index in [9.17, 15) is 0 Å². The average molecular weight is 166 g/mol. The maximum Gasteiger partial charge on any atom is 0.235 e. The van der Waals surface area contributed by atoms with Crippen molar-refractivity contribution < 1.29 is 20.2 Å². The van der Waals surface area contributed by atoms with Gasteiger partial charge in [-0.25, -0.2) is 4.84 Å². The molecule has 0 aliphatic heterocycles. The predicted octanol–water partition coefficient (Wildman–Crippen LogP) is -2.04. The lowest BCUT2D eigenvalue weighted by atomic mass is 10.9. The van der Waals surface area contributed by atoms with Gasteiger partial charge in [0.1, 0.15) is 0 Å². The van der Waals surface area contributed by atoms with Gasteiger partial charge in [-0.15, -0.1) is 5.06 Å². The smallest absolute Gasteiger partial charge is 0.235 e. The summed E-state index contributed by atoms with van der Waals surface area (Å²) < 4.78 is 0. The molecule has 3 N–H and O–H groups in total. The number of aliphatic hydroxyl groups excluding tert-OH is 2. The average Bonchev–Trinajstić information content (AvgIpc) is 1.87. The van der Waals surface area contributed by atoms with Crippen LogP contribution in [-0.2, 0) is 4.84 Å². The Morgan fingerprint density at radius 2 is 1.55 bits per heavy atom. The van der Waals surface area contributed by atoms with Gasteiger partial charge in [0.2, 0.25) is 12.8 Å². The van der Waals surface area contributed by atoms with Crippen molar-refractivity contribution in [3.63, 3.8) is 0 Å². The highest BCUT2D eigenvalue weighted by molar-refractivity contribution is 4.33. The first kappa shape index (κ1) is 10.8. The maximum absolute atomic E-state index is 8.99. The van der Waals surface area contributed by atoms with E-state index < -0.39 is 12.8 Å². The SMILES string of the molecule is CN(O[C@@H](O)N(C)C)C(O)O. The van der Waals surface area contributed by atoms with Crippen molar-refractivity contribution in [1.29, 1.82) is 0 Å². The summed E-state index contributed by atoms with van der Waals surface area (Å²) in [5.74, 6) is 0. The van der Waals surface area contributed by atoms with Gasteiger partial charge in [-0.1, -0.05) is 0 Å². The lowest BCUT2D eigenvalue weighted by Crippen LogP contribution is -2.40. The quantitative estimate of drug-likeness (QED) is 0.330. The third-order valence-electron chi connectivity index (χ3n) is 1.03. The van der Waals surface area contributed by atoms with Gasteiger partial charge < -0.3 is 15.3 Å². The first-order chi connectivity index (χ1) is 4.95. The molecule has 0 aromatic rings. The minimum absolute atomic E-state index is 0.727. The molecular weight excluding hydrogens is 152 g/mol. The van der Waals surface area contributed by atoms with E-state index in [4.69, 9.17) is 15.3 Å². The summed E-state index contributed by atoms with van der Waals surface area (Å²) in [7, 11) is 4.46. The Kier molecular flexibility index (Phi) is 4.50. The molecule has 0 saturated carbocycles. The van der Waals surface area contributed by atoms with Gasteiger partial charge in [0.15, 0.2) is 0 Å². The lowest BCUT2D eigenvalue weighted by molar-refractivity contribution is -0.370. The van der Waals surface area contributed by atoms with Crippen molar-refractivity contribution in [2.24, 2.45) is 0 Å². The van der Waals surface area contributed by atoms with Gasteiger partial charge in [-0.05, 0) is 14.1 Å². The van der Waals surface area contributed by atoms with Crippen LogP contribution < -0.4 is 0 Å². The number of hydrogen-bond acceptors (Lipinski definition) is 6. The van der Waals surface area contributed by atoms with Crippen LogP contribution in [0.5, 0.6) is 0 Å². The minimum atomic E-state index is -1.73. The molecule has 0 fully saturated rings. The highest BCUT2D eigenvalue weighted by Gasteiger charge is 2.14. The van der Waals surface area contributed by atoms with Crippen molar-refractivity contribution in [2.45, 2.75) is 12.8 Å². The Bertz CT molecular complexity index is 96.7. The van der Waals surface area contributed by atoms with E-state index in [-0.39, 0.29) is 0 Å². The van der Waals surface area contributed by atoms with E-state index in [0.29, 0.717) is 0 Å². The van der Waals surface area contributed by atoms with Crippen molar-refractivity contribution in [3.8, 4) is 0 Å². The molecule has 0 spiro atoms. The molecule has 0 bridgehead atoms. The normalized spacial score (nSPS) is 15.0. The first-order valence-electron chi connectivity index (χ1n) is 3.05. The fraction of sp³-hybridized carbons (Fsp3) is 1.00. The minimum Gasteiger partial charge on any atom is -0.354 e. The molecule has 0 heterocycles. The summed E-state index contributed by atoms with van der Waals surface area (Å²) in [6.07, 6.45) is -2.91. The Labute approximate surface area is 65.2 Å². The third kappa shape index (κ3) is 4.25. The molecule has 68 valence electrons. The van der Waals surface area contributed by atoms with Gasteiger partial charge in [-0.3, -0.25) is 4.90 Å². The summed E-state index contributed by atoms with van der Waals surface area (Å²) in [5, 5.41) is 26.7. The highest BCUT2D eigenvalue weighted by atomic mass is 16.8. The van der Waals surface area contributed by atoms with Crippen LogP contribution >= 0.6 is 0 Å². The van der Waals surface area contributed by atoms with Gasteiger partial charge in [0, 0.05) is 7.05 Å². The van der Waals surface area contributed by atoms with Crippen LogP contribution in [0.15, 0.2) is 0 Å². The summed E-state index contributed by atoms with van der Waals surface area (Å²) >= 11 is 0. The number of nitrogens with zero attached hydrogens (tertiary/aromatic N) is 2. The number of hydrogen-bond donors (Lipinski definition) is 3. The molecule has 0 aromatic heterocycles. The zero-order chi connectivity index (χ0) is 9.02. The second-order valence-corrected chi connectivity index (χ2v) is 2.29. The van der Waals surface area contributed by atoms with Crippen molar-refractivity contribution in [2.75, 3.05) is 21.1 Å². The van der Waals surface area contributed by atoms with Crippen LogP contribution in [0.1, 0.15) is 0 Å². The predicted molar refractivity (Wildman–Crippen MR) is 36.8 cm³/mol. The topological polar surface area (TPSA) is 76.4 Å². The largest absolute Gasteiger partial charge is 0.354 e. The lowest BCUT2D eigenvalue weighted by Gasteiger charge is -2.25. The third-order valence-corrected chi connectivity index (χ3v) is 1.03. The zero-order valence-corrected chi connectivity index (χ0v) is 6.80. The number of aliphatic hydroxyl groups is 3. The van der Waals surface area contributed by atoms with E-state index in [1.165, 1.54) is 11.9 Å². The molecule has 0 unspecified atom stereocenters. The molecule has 1 atom stereocenters. The molecule has 11 heavy (non-hydrogen) atoms. The Balaban J connectivity index is 3.66. The van der Waals surface area contributed by atoms with E-state index >= 15 is 0 Å². The summed E-state index contributed by atoms with van der Waals surface area (Å²) in [6, 6.07) is 0. The van der Waals surface area contributed by atoms with Crippen molar-refractivity contribution in [3.05, 3.63) is 0 Å². The maximum atomic E-state index is 8.99. The zero-order valence-electron chi connectivity index (χ0n) is 6.80. The number of hydroxylamine groups is 2. The molecule has 0 aliphatic rings. The summed E-state index contributed by atoms with van der Waals surface area (Å²) in [6.45, 7) is 0. The van der Waals surface area contributed by atoms with Crippen LogP contribution in [0, 0.1) is 0 Å². The monoisotopic (exact) mass is 166 g/mol. The molecule has 0 amide bonds.